The zero-order valence-corrected chi connectivity index (χ0v) is 10.8. The molecule has 0 aliphatic carbocycles. The Bertz CT molecular complexity index is 411. The third-order valence-electron chi connectivity index (χ3n) is 3.50. The van der Waals surface area contributed by atoms with Crippen LogP contribution in [0.25, 0.3) is 0 Å². The lowest BCUT2D eigenvalue weighted by Crippen LogP contribution is -2.46. The third-order valence-corrected chi connectivity index (χ3v) is 3.50. The van der Waals surface area contributed by atoms with Gasteiger partial charge in [0, 0.05) is 18.1 Å². The molecule has 3 atom stereocenters. The fourth-order valence-electron chi connectivity index (χ4n) is 2.68. The van der Waals surface area contributed by atoms with Crippen LogP contribution < -0.4 is 0 Å². The second-order valence-corrected chi connectivity index (χ2v) is 5.27. The van der Waals surface area contributed by atoms with Crippen molar-refractivity contribution in [1.29, 1.82) is 0 Å². The SMILES string of the molecule is CC(C)=CC(=O)OCC1=CC[N@+]2([O-])CC[C@@H](O)[C@@H]12. The molecule has 0 aromatic carbocycles. The van der Waals surface area contributed by atoms with Gasteiger partial charge in [-0.1, -0.05) is 5.57 Å². The first-order valence-electron chi connectivity index (χ1n) is 6.19. The Labute approximate surface area is 107 Å². The molecule has 0 radical (unpaired) electrons. The lowest BCUT2D eigenvalue weighted by molar-refractivity contribution is -0.877. The summed E-state index contributed by atoms with van der Waals surface area (Å²) in [5.41, 5.74) is 1.63. The van der Waals surface area contributed by atoms with Gasteiger partial charge < -0.3 is 19.7 Å². The number of nitrogens with zero attached hydrogens (tertiary/aromatic N) is 1. The molecule has 0 spiro atoms. The molecule has 0 amide bonds. The van der Waals surface area contributed by atoms with Crippen LogP contribution in [0.5, 0.6) is 0 Å². The van der Waals surface area contributed by atoms with Gasteiger partial charge in [0.1, 0.15) is 18.8 Å². The molecule has 5 heteroatoms. The number of hydrogen-bond acceptors (Lipinski definition) is 4. The molecule has 1 fully saturated rings. The van der Waals surface area contributed by atoms with E-state index in [0.29, 0.717) is 19.5 Å². The minimum absolute atomic E-state index is 0.104. The second-order valence-electron chi connectivity index (χ2n) is 5.27. The average molecular weight is 253 g/mol. The molecule has 0 unspecified atom stereocenters. The van der Waals surface area contributed by atoms with E-state index in [1.54, 1.807) is 6.08 Å². The predicted octanol–water partition coefficient (Wildman–Crippen LogP) is 0.884. The van der Waals surface area contributed by atoms with Crippen LogP contribution in [0.1, 0.15) is 20.3 Å². The monoisotopic (exact) mass is 253 g/mol. The summed E-state index contributed by atoms with van der Waals surface area (Å²) in [4.78, 5) is 11.4. The van der Waals surface area contributed by atoms with E-state index >= 15 is 0 Å². The number of aliphatic hydroxyl groups excluding tert-OH is 1. The number of aliphatic hydroxyl groups is 1. The van der Waals surface area contributed by atoms with E-state index in [9.17, 15) is 15.1 Å². The van der Waals surface area contributed by atoms with E-state index in [2.05, 4.69) is 0 Å². The standard InChI is InChI=1S/C13H19NO4/c1-9(2)7-12(16)18-8-10-3-5-14(17)6-4-11(15)13(10)14/h3,7,11,13,15H,4-6,8H2,1-2H3/t11-,13-,14+/m1/s1. The lowest BCUT2D eigenvalue weighted by atomic mass is 10.1. The summed E-state index contributed by atoms with van der Waals surface area (Å²) in [5.74, 6) is -0.403. The first kappa shape index (κ1) is 13.3. The number of carbonyl (C=O) groups excluding carboxylic acids is 1. The average Bonchev–Trinajstić information content (AvgIpc) is 2.74. The largest absolute Gasteiger partial charge is 0.632 e. The summed E-state index contributed by atoms with van der Waals surface area (Å²) in [5, 5.41) is 22.1. The summed E-state index contributed by atoms with van der Waals surface area (Å²) in [6.45, 7) is 4.55. The highest BCUT2D eigenvalue weighted by Gasteiger charge is 2.47. The molecule has 0 bridgehead atoms. The van der Waals surface area contributed by atoms with E-state index in [4.69, 9.17) is 4.74 Å². The maximum absolute atomic E-state index is 12.3. The summed E-state index contributed by atoms with van der Waals surface area (Å²) >= 11 is 0. The number of fused-ring (bicyclic) bond motifs is 1. The maximum atomic E-state index is 12.3. The van der Waals surface area contributed by atoms with Crippen LogP contribution in [0.4, 0.5) is 0 Å². The summed E-state index contributed by atoms with van der Waals surface area (Å²) in [6.07, 6.45) is 3.13. The van der Waals surface area contributed by atoms with Crippen molar-refractivity contribution >= 4 is 5.97 Å². The Balaban J connectivity index is 1.95. The molecule has 18 heavy (non-hydrogen) atoms. The Hall–Kier alpha value is -1.17. The van der Waals surface area contributed by atoms with Crippen LogP contribution in [0.3, 0.4) is 0 Å². The van der Waals surface area contributed by atoms with Crippen LogP contribution in [-0.2, 0) is 9.53 Å². The number of ether oxygens (including phenoxy) is 1. The number of hydrogen-bond donors (Lipinski definition) is 1. The van der Waals surface area contributed by atoms with Gasteiger partial charge in [0.25, 0.3) is 0 Å². The first-order valence-corrected chi connectivity index (χ1v) is 6.19. The van der Waals surface area contributed by atoms with E-state index in [1.807, 2.05) is 13.8 Å². The van der Waals surface area contributed by atoms with Gasteiger partial charge in [-0.05, 0) is 19.9 Å². The van der Waals surface area contributed by atoms with E-state index in [-0.39, 0.29) is 6.61 Å². The van der Waals surface area contributed by atoms with Crippen LogP contribution in [0, 0.1) is 5.21 Å². The van der Waals surface area contributed by atoms with Crippen LogP contribution in [-0.4, -0.2) is 47.6 Å². The van der Waals surface area contributed by atoms with Gasteiger partial charge in [0.15, 0.2) is 0 Å². The molecular weight excluding hydrogens is 234 g/mol. The zero-order valence-electron chi connectivity index (χ0n) is 10.8. The molecule has 0 saturated carbocycles. The first-order chi connectivity index (χ1) is 8.42. The maximum Gasteiger partial charge on any atom is 0.331 e. The van der Waals surface area contributed by atoms with Gasteiger partial charge in [-0.2, -0.15) is 0 Å². The quantitative estimate of drug-likeness (QED) is 0.266. The molecular formula is C13H19NO4. The van der Waals surface area contributed by atoms with Crippen molar-refractivity contribution in [2.45, 2.75) is 32.4 Å². The van der Waals surface area contributed by atoms with Crippen molar-refractivity contribution < 1.29 is 19.3 Å². The number of esters is 1. The van der Waals surface area contributed by atoms with Crippen molar-refractivity contribution in [3.05, 3.63) is 28.5 Å². The number of hydroxylamine groups is 3. The van der Waals surface area contributed by atoms with Crippen molar-refractivity contribution in [1.82, 2.24) is 0 Å². The lowest BCUT2D eigenvalue weighted by Gasteiger charge is -2.40. The Morgan fingerprint density at radius 2 is 2.39 bits per heavy atom. The van der Waals surface area contributed by atoms with Crippen molar-refractivity contribution in [3.63, 3.8) is 0 Å². The van der Waals surface area contributed by atoms with E-state index < -0.39 is 22.8 Å². The fraction of sp³-hybridized carbons (Fsp3) is 0.615. The highest BCUT2D eigenvalue weighted by atomic mass is 16.6. The molecule has 0 aromatic rings. The Morgan fingerprint density at radius 3 is 3.06 bits per heavy atom. The molecule has 1 N–H and O–H groups in total. The summed E-state index contributed by atoms with van der Waals surface area (Å²) in [6, 6.07) is -0.440. The Morgan fingerprint density at radius 1 is 1.67 bits per heavy atom. The molecule has 2 aliphatic rings. The highest BCUT2D eigenvalue weighted by molar-refractivity contribution is 5.82. The fourth-order valence-corrected chi connectivity index (χ4v) is 2.68. The van der Waals surface area contributed by atoms with Gasteiger partial charge in [-0.3, -0.25) is 0 Å². The normalized spacial score (nSPS) is 33.9. The molecule has 5 nitrogen and oxygen atoms in total. The van der Waals surface area contributed by atoms with Crippen molar-refractivity contribution in [2.24, 2.45) is 0 Å². The van der Waals surface area contributed by atoms with E-state index in [1.165, 1.54) is 6.08 Å². The van der Waals surface area contributed by atoms with Crippen LogP contribution in [0.2, 0.25) is 0 Å². The van der Waals surface area contributed by atoms with E-state index in [0.717, 1.165) is 11.1 Å². The predicted molar refractivity (Wildman–Crippen MR) is 66.2 cm³/mol. The third kappa shape index (κ3) is 2.48. The van der Waals surface area contributed by atoms with Gasteiger partial charge in [-0.25, -0.2) is 4.79 Å². The number of quaternary nitrogens is 1. The topological polar surface area (TPSA) is 69.6 Å². The van der Waals surface area contributed by atoms with Crippen LogP contribution >= 0.6 is 0 Å². The van der Waals surface area contributed by atoms with Crippen LogP contribution in [0.15, 0.2) is 23.3 Å². The minimum Gasteiger partial charge on any atom is -0.632 e. The smallest absolute Gasteiger partial charge is 0.331 e. The molecule has 2 rings (SSSR count). The van der Waals surface area contributed by atoms with Gasteiger partial charge >= 0.3 is 5.97 Å². The van der Waals surface area contributed by atoms with Gasteiger partial charge in [0.05, 0.1) is 13.1 Å². The number of rotatable bonds is 3. The minimum atomic E-state index is -0.613. The van der Waals surface area contributed by atoms with Gasteiger partial charge in [0.2, 0.25) is 0 Å². The van der Waals surface area contributed by atoms with Crippen molar-refractivity contribution in [2.75, 3.05) is 19.7 Å². The highest BCUT2D eigenvalue weighted by Crippen LogP contribution is 2.35. The molecule has 0 aromatic heterocycles. The number of carbonyl (C=O) groups is 1. The summed E-state index contributed by atoms with van der Waals surface area (Å²) < 4.78 is 4.70. The summed E-state index contributed by atoms with van der Waals surface area (Å²) in [7, 11) is 0. The van der Waals surface area contributed by atoms with Gasteiger partial charge in [-0.15, -0.1) is 0 Å². The molecule has 100 valence electrons. The molecule has 1 saturated heterocycles. The molecule has 2 heterocycles. The van der Waals surface area contributed by atoms with Crippen molar-refractivity contribution in [3.8, 4) is 0 Å². The second kappa shape index (κ2) is 4.84. The number of allylic oxidation sites excluding steroid dienone is 1. The Kier molecular flexibility index (Phi) is 3.56. The molecule has 2 aliphatic heterocycles. The zero-order chi connectivity index (χ0) is 13.3.